The highest BCUT2D eigenvalue weighted by atomic mass is 16.4. The first-order chi connectivity index (χ1) is 9.42. The molecular weight excluding hydrogens is 254 g/mol. The average molecular weight is 277 g/mol. The summed E-state index contributed by atoms with van der Waals surface area (Å²) in [6, 6.07) is 4.22. The van der Waals surface area contributed by atoms with Crippen LogP contribution in [-0.4, -0.2) is 54.2 Å². The van der Waals surface area contributed by atoms with E-state index < -0.39 is 0 Å². The van der Waals surface area contributed by atoms with Gasteiger partial charge >= 0.3 is 0 Å². The van der Waals surface area contributed by atoms with Crippen molar-refractivity contribution in [3.63, 3.8) is 0 Å². The van der Waals surface area contributed by atoms with Crippen LogP contribution < -0.4 is 10.6 Å². The second kappa shape index (κ2) is 5.66. The van der Waals surface area contributed by atoms with E-state index in [1.54, 1.807) is 0 Å². The zero-order chi connectivity index (χ0) is 14.9. The van der Waals surface area contributed by atoms with Gasteiger partial charge < -0.3 is 20.7 Å². The molecule has 0 saturated carbocycles. The van der Waals surface area contributed by atoms with E-state index in [1.807, 2.05) is 19.1 Å². The third kappa shape index (κ3) is 2.85. The summed E-state index contributed by atoms with van der Waals surface area (Å²) < 4.78 is 0. The van der Waals surface area contributed by atoms with Crippen molar-refractivity contribution in [1.82, 2.24) is 9.88 Å². The van der Waals surface area contributed by atoms with Crippen molar-refractivity contribution in [3.8, 4) is 0 Å². The Hall–Kier alpha value is -1.82. The molecule has 0 amide bonds. The molecule has 0 aromatic carbocycles. The Bertz CT molecular complexity index is 514. The van der Waals surface area contributed by atoms with E-state index in [1.165, 1.54) is 0 Å². The number of aromatic nitrogens is 1. The second-order valence-electron chi connectivity index (χ2n) is 5.75. The van der Waals surface area contributed by atoms with Crippen molar-refractivity contribution in [2.75, 3.05) is 32.1 Å². The smallest absolute Gasteiger partial charge is 0.170 e. The van der Waals surface area contributed by atoms with E-state index in [-0.39, 0.29) is 5.84 Å². The summed E-state index contributed by atoms with van der Waals surface area (Å²) >= 11 is 0. The van der Waals surface area contributed by atoms with Crippen LogP contribution in [0.2, 0.25) is 0 Å². The number of hydrogen-bond donors (Lipinski definition) is 2. The topological polar surface area (TPSA) is 78.0 Å². The fourth-order valence-electron chi connectivity index (χ4n) is 2.83. The number of hydrogen-bond acceptors (Lipinski definition) is 5. The Labute approximate surface area is 119 Å². The number of pyridine rings is 1. The van der Waals surface area contributed by atoms with Crippen LogP contribution in [0.15, 0.2) is 17.3 Å². The predicted molar refractivity (Wildman–Crippen MR) is 80.3 cm³/mol. The SMILES string of the molecule is Cc1cc(/C(N)=N/O)cc(N2CC(C)C(N(C)C)C2)n1. The van der Waals surface area contributed by atoms with Gasteiger partial charge in [0.2, 0.25) is 0 Å². The van der Waals surface area contributed by atoms with Crippen LogP contribution in [0.5, 0.6) is 0 Å². The lowest BCUT2D eigenvalue weighted by Crippen LogP contribution is -2.34. The summed E-state index contributed by atoms with van der Waals surface area (Å²) in [5, 5.41) is 11.9. The van der Waals surface area contributed by atoms with Crippen molar-refractivity contribution in [1.29, 1.82) is 0 Å². The number of nitrogens with two attached hydrogens (primary N) is 1. The maximum absolute atomic E-state index is 8.81. The molecule has 0 spiro atoms. The van der Waals surface area contributed by atoms with Gasteiger partial charge in [0.1, 0.15) is 5.82 Å². The minimum absolute atomic E-state index is 0.119. The molecule has 1 fully saturated rings. The maximum Gasteiger partial charge on any atom is 0.170 e. The summed E-state index contributed by atoms with van der Waals surface area (Å²) in [5.41, 5.74) is 7.25. The summed E-state index contributed by atoms with van der Waals surface area (Å²) in [4.78, 5) is 9.09. The third-order valence-electron chi connectivity index (χ3n) is 3.90. The van der Waals surface area contributed by atoms with Gasteiger partial charge in [-0.2, -0.15) is 0 Å². The number of likely N-dealkylation sites (N-methyl/N-ethyl adjacent to an activating group) is 1. The first-order valence-corrected chi connectivity index (χ1v) is 6.80. The zero-order valence-electron chi connectivity index (χ0n) is 12.5. The monoisotopic (exact) mass is 277 g/mol. The molecule has 6 nitrogen and oxygen atoms in total. The van der Waals surface area contributed by atoms with Crippen LogP contribution in [0.1, 0.15) is 18.2 Å². The molecule has 1 aromatic rings. The minimum Gasteiger partial charge on any atom is -0.409 e. The molecule has 0 radical (unpaired) electrons. The van der Waals surface area contributed by atoms with Gasteiger partial charge in [0.15, 0.2) is 5.84 Å². The number of anilines is 1. The van der Waals surface area contributed by atoms with Crippen molar-refractivity contribution in [3.05, 3.63) is 23.4 Å². The molecule has 2 unspecified atom stereocenters. The zero-order valence-corrected chi connectivity index (χ0v) is 12.5. The lowest BCUT2D eigenvalue weighted by molar-refractivity contribution is 0.266. The van der Waals surface area contributed by atoms with Crippen LogP contribution in [0.25, 0.3) is 0 Å². The van der Waals surface area contributed by atoms with Gasteiger partial charge in [0.05, 0.1) is 0 Å². The van der Waals surface area contributed by atoms with Crippen molar-refractivity contribution in [2.24, 2.45) is 16.8 Å². The van der Waals surface area contributed by atoms with Crippen molar-refractivity contribution in [2.45, 2.75) is 19.9 Å². The molecule has 2 rings (SSSR count). The first-order valence-electron chi connectivity index (χ1n) is 6.80. The molecule has 6 heteroatoms. The van der Waals surface area contributed by atoms with Gasteiger partial charge in [0, 0.05) is 30.4 Å². The average Bonchev–Trinajstić information content (AvgIpc) is 2.79. The number of amidine groups is 1. The quantitative estimate of drug-likeness (QED) is 0.371. The molecule has 20 heavy (non-hydrogen) atoms. The first kappa shape index (κ1) is 14.6. The third-order valence-corrected chi connectivity index (χ3v) is 3.90. The molecule has 0 aliphatic carbocycles. The second-order valence-corrected chi connectivity index (χ2v) is 5.75. The highest BCUT2D eigenvalue weighted by Gasteiger charge is 2.31. The van der Waals surface area contributed by atoms with E-state index in [4.69, 9.17) is 10.9 Å². The number of rotatable bonds is 3. The minimum atomic E-state index is 0.119. The Morgan fingerprint density at radius 1 is 1.45 bits per heavy atom. The van der Waals surface area contributed by atoms with Gasteiger partial charge in [-0.15, -0.1) is 0 Å². The molecule has 1 aliphatic heterocycles. The Morgan fingerprint density at radius 3 is 2.70 bits per heavy atom. The summed E-state index contributed by atoms with van der Waals surface area (Å²) in [6.45, 7) is 6.08. The molecule has 1 saturated heterocycles. The van der Waals surface area contributed by atoms with Crippen LogP contribution >= 0.6 is 0 Å². The van der Waals surface area contributed by atoms with Crippen molar-refractivity contribution < 1.29 is 5.21 Å². The summed E-state index contributed by atoms with van der Waals surface area (Å²) in [7, 11) is 4.21. The molecule has 2 atom stereocenters. The van der Waals surface area contributed by atoms with E-state index in [0.29, 0.717) is 17.5 Å². The number of nitrogens with zero attached hydrogens (tertiary/aromatic N) is 4. The molecular formula is C14H23N5O. The molecule has 3 N–H and O–H groups in total. The van der Waals surface area contributed by atoms with Crippen molar-refractivity contribution >= 4 is 11.7 Å². The largest absolute Gasteiger partial charge is 0.409 e. The van der Waals surface area contributed by atoms with Gasteiger partial charge in [-0.3, -0.25) is 0 Å². The highest BCUT2D eigenvalue weighted by molar-refractivity contribution is 5.97. The fourth-order valence-corrected chi connectivity index (χ4v) is 2.83. The number of aryl methyl sites for hydroxylation is 1. The molecule has 2 heterocycles. The molecule has 110 valence electrons. The van der Waals surface area contributed by atoms with E-state index in [9.17, 15) is 0 Å². The summed E-state index contributed by atoms with van der Waals surface area (Å²) in [6.07, 6.45) is 0. The summed E-state index contributed by atoms with van der Waals surface area (Å²) in [5.74, 6) is 1.59. The van der Waals surface area contributed by atoms with E-state index in [0.717, 1.165) is 24.6 Å². The number of oxime groups is 1. The maximum atomic E-state index is 8.81. The van der Waals surface area contributed by atoms with Gasteiger partial charge in [-0.05, 0) is 39.1 Å². The van der Waals surface area contributed by atoms with Crippen LogP contribution in [0, 0.1) is 12.8 Å². The standard InChI is InChI=1S/C14H23N5O/c1-9-7-19(8-12(9)18(3)4)13-6-11(14(15)17-20)5-10(2)16-13/h5-6,9,12,20H,7-8H2,1-4H3,(H2,15,17). The van der Waals surface area contributed by atoms with E-state index >= 15 is 0 Å². The Morgan fingerprint density at radius 2 is 2.15 bits per heavy atom. The van der Waals surface area contributed by atoms with Crippen LogP contribution in [0.3, 0.4) is 0 Å². The normalized spacial score (nSPS) is 23.6. The molecule has 1 aromatic heterocycles. The van der Waals surface area contributed by atoms with Crippen LogP contribution in [0.4, 0.5) is 5.82 Å². The lowest BCUT2D eigenvalue weighted by atomic mass is 10.1. The van der Waals surface area contributed by atoms with Gasteiger partial charge in [-0.25, -0.2) is 4.98 Å². The molecule has 1 aliphatic rings. The van der Waals surface area contributed by atoms with Crippen LogP contribution in [-0.2, 0) is 0 Å². The molecule has 0 bridgehead atoms. The lowest BCUT2D eigenvalue weighted by Gasteiger charge is -2.23. The van der Waals surface area contributed by atoms with Gasteiger partial charge in [-0.1, -0.05) is 12.1 Å². The highest BCUT2D eigenvalue weighted by Crippen LogP contribution is 2.25. The Balaban J connectivity index is 2.28. The fraction of sp³-hybridized carbons (Fsp3) is 0.571. The van der Waals surface area contributed by atoms with Gasteiger partial charge in [0.25, 0.3) is 0 Å². The Kier molecular flexibility index (Phi) is 4.13. The predicted octanol–water partition coefficient (Wildman–Crippen LogP) is 0.871. The van der Waals surface area contributed by atoms with E-state index in [2.05, 4.69) is 41.0 Å².